The lowest BCUT2D eigenvalue weighted by Crippen LogP contribution is -2.28. The summed E-state index contributed by atoms with van der Waals surface area (Å²) in [5, 5.41) is 9.58. The van der Waals surface area contributed by atoms with E-state index in [4.69, 9.17) is 9.47 Å². The van der Waals surface area contributed by atoms with Gasteiger partial charge in [0, 0.05) is 12.8 Å². The van der Waals surface area contributed by atoms with Crippen molar-refractivity contribution in [3.05, 3.63) is 85.1 Å². The zero-order valence-electron chi connectivity index (χ0n) is 36.4. The molecule has 56 heavy (non-hydrogen) atoms. The van der Waals surface area contributed by atoms with Gasteiger partial charge < -0.3 is 14.6 Å². The van der Waals surface area contributed by atoms with Gasteiger partial charge in [0.25, 0.3) is 0 Å². The lowest BCUT2D eigenvalue weighted by atomic mass is 10.0. The fourth-order valence-electron chi connectivity index (χ4n) is 6.23. The third kappa shape index (κ3) is 43.8. The molecule has 0 aromatic heterocycles. The lowest BCUT2D eigenvalue weighted by molar-refractivity contribution is -0.161. The Morgan fingerprint density at radius 2 is 0.804 bits per heavy atom. The van der Waals surface area contributed by atoms with E-state index in [1.807, 2.05) is 12.2 Å². The number of esters is 2. The lowest BCUT2D eigenvalue weighted by Gasteiger charge is -2.15. The predicted octanol–water partition coefficient (Wildman–Crippen LogP) is 15.1. The minimum Gasteiger partial charge on any atom is -0.462 e. The topological polar surface area (TPSA) is 72.8 Å². The summed E-state index contributed by atoms with van der Waals surface area (Å²) in [5.41, 5.74) is 0. The minimum atomic E-state index is -0.828. The molecule has 0 unspecified atom stereocenters. The Labute approximate surface area is 346 Å². The molecule has 0 aliphatic heterocycles. The molecule has 1 N–H and O–H groups in total. The van der Waals surface area contributed by atoms with Crippen molar-refractivity contribution in [2.45, 2.75) is 213 Å². The summed E-state index contributed by atoms with van der Waals surface area (Å²) in [6.45, 7) is 3.95. The van der Waals surface area contributed by atoms with E-state index < -0.39 is 12.1 Å². The normalized spacial score (nSPS) is 13.0. The highest BCUT2D eigenvalue weighted by atomic mass is 16.6. The highest BCUT2D eigenvalue weighted by molar-refractivity contribution is 5.70. The number of unbranched alkanes of at least 4 members (excludes halogenated alkanes) is 19. The molecule has 0 aliphatic rings. The van der Waals surface area contributed by atoms with Crippen LogP contribution in [-0.4, -0.2) is 36.4 Å². The van der Waals surface area contributed by atoms with Gasteiger partial charge in [0.05, 0.1) is 6.61 Å². The van der Waals surface area contributed by atoms with Crippen molar-refractivity contribution in [3.8, 4) is 0 Å². The fraction of sp³-hybridized carbons (Fsp3) is 0.686. The van der Waals surface area contributed by atoms with Gasteiger partial charge in [0.15, 0.2) is 6.10 Å². The molecule has 0 amide bonds. The number of hydrogen-bond donors (Lipinski definition) is 1. The van der Waals surface area contributed by atoms with Crippen molar-refractivity contribution >= 4 is 11.9 Å². The molecule has 5 nitrogen and oxygen atoms in total. The predicted molar refractivity (Wildman–Crippen MR) is 242 cm³/mol. The van der Waals surface area contributed by atoms with E-state index in [0.717, 1.165) is 57.8 Å². The third-order valence-electron chi connectivity index (χ3n) is 9.69. The number of carbonyl (C=O) groups excluding carboxylic acids is 2. The first kappa shape index (κ1) is 53.1. The van der Waals surface area contributed by atoms with E-state index in [1.165, 1.54) is 116 Å². The van der Waals surface area contributed by atoms with Gasteiger partial charge in [0.2, 0.25) is 0 Å². The summed E-state index contributed by atoms with van der Waals surface area (Å²) in [5.74, 6) is -0.728. The Kier molecular flexibility index (Phi) is 44.0. The van der Waals surface area contributed by atoms with E-state index in [-0.39, 0.29) is 25.6 Å². The number of aliphatic hydroxyl groups excluding tert-OH is 1. The molecule has 0 heterocycles. The summed E-state index contributed by atoms with van der Waals surface area (Å²) in [6, 6.07) is 0. The maximum atomic E-state index is 12.2. The number of rotatable bonds is 41. The molecular formula is C51H86O5. The van der Waals surface area contributed by atoms with E-state index in [2.05, 4.69) is 86.8 Å². The first-order valence-corrected chi connectivity index (χ1v) is 23.1. The van der Waals surface area contributed by atoms with Gasteiger partial charge in [0.1, 0.15) is 6.61 Å². The molecule has 0 radical (unpaired) electrons. The Hall–Kier alpha value is -2.92. The minimum absolute atomic E-state index is 0.115. The molecule has 5 heteroatoms. The van der Waals surface area contributed by atoms with Crippen LogP contribution in [-0.2, 0) is 19.1 Å². The van der Waals surface area contributed by atoms with Gasteiger partial charge in [-0.2, -0.15) is 0 Å². The van der Waals surface area contributed by atoms with Gasteiger partial charge in [-0.05, 0) is 70.6 Å². The number of aliphatic hydroxyl groups is 1. The summed E-state index contributed by atoms with van der Waals surface area (Å²) in [6.07, 6.45) is 64.0. The largest absolute Gasteiger partial charge is 0.462 e. The summed E-state index contributed by atoms with van der Waals surface area (Å²) in [7, 11) is 0. The molecule has 0 rings (SSSR count). The fourth-order valence-corrected chi connectivity index (χ4v) is 6.23. The molecule has 320 valence electrons. The van der Waals surface area contributed by atoms with Crippen LogP contribution >= 0.6 is 0 Å². The number of carbonyl (C=O) groups is 2. The molecular weight excluding hydrogens is 693 g/mol. The highest BCUT2D eigenvalue weighted by Crippen LogP contribution is 2.15. The van der Waals surface area contributed by atoms with Gasteiger partial charge in [-0.25, -0.2) is 0 Å². The molecule has 0 saturated heterocycles. The average Bonchev–Trinajstić information content (AvgIpc) is 3.20. The molecule has 1 atom stereocenters. The first-order chi connectivity index (χ1) is 27.6. The van der Waals surface area contributed by atoms with Crippen LogP contribution in [0.2, 0.25) is 0 Å². The molecule has 0 saturated carbocycles. The van der Waals surface area contributed by atoms with Crippen molar-refractivity contribution in [1.82, 2.24) is 0 Å². The highest BCUT2D eigenvalue weighted by Gasteiger charge is 2.15. The Morgan fingerprint density at radius 3 is 1.23 bits per heavy atom. The second-order valence-electron chi connectivity index (χ2n) is 15.1. The number of ether oxygens (including phenoxy) is 2. The summed E-state index contributed by atoms with van der Waals surface area (Å²) < 4.78 is 10.6. The standard InChI is InChI=1S/C51H86O5/c1-3-5-7-9-11-13-15-17-19-21-23-24-25-26-28-29-31-33-35-37-39-41-43-45-50(53)55-48-49(47-52)56-51(54)46-44-42-40-38-36-34-32-30-27-22-20-18-16-14-12-10-8-6-4-2/h6,8,12,14,18,20,27,30,34,36-37,39-40,42,49,52H,3-5,7,9-11,13,15-17,19,21-26,28-29,31-33,35,38,41,43-48H2,1-2H3/b8-6+,14-12+,20-18+,30-27+,36-34+,39-37+,42-40+/t49-/m0/s1. The van der Waals surface area contributed by atoms with E-state index in [0.29, 0.717) is 12.8 Å². The SMILES string of the molecule is CC/C=C/C/C=C/C/C=C/C/C=C/C/C=C/C/C=C/CCC(=O)O[C@@H](CO)COC(=O)CCC/C=C/CCCCCCCCCCCCCCCCCCCC. The Bertz CT molecular complexity index is 1060. The van der Waals surface area contributed by atoms with Crippen molar-refractivity contribution in [2.75, 3.05) is 13.2 Å². The molecule has 0 aliphatic carbocycles. The number of allylic oxidation sites excluding steroid dienone is 14. The van der Waals surface area contributed by atoms with Crippen molar-refractivity contribution in [2.24, 2.45) is 0 Å². The van der Waals surface area contributed by atoms with Crippen LogP contribution in [0, 0.1) is 0 Å². The second-order valence-corrected chi connectivity index (χ2v) is 15.1. The van der Waals surface area contributed by atoms with Crippen LogP contribution in [0.15, 0.2) is 85.1 Å². The average molecular weight is 779 g/mol. The van der Waals surface area contributed by atoms with Gasteiger partial charge in [-0.15, -0.1) is 0 Å². The van der Waals surface area contributed by atoms with Crippen molar-refractivity contribution in [3.63, 3.8) is 0 Å². The zero-order chi connectivity index (χ0) is 40.7. The Balaban J connectivity index is 3.65. The van der Waals surface area contributed by atoms with Crippen LogP contribution in [0.3, 0.4) is 0 Å². The first-order valence-electron chi connectivity index (χ1n) is 23.1. The summed E-state index contributed by atoms with van der Waals surface area (Å²) >= 11 is 0. The number of hydrogen-bond acceptors (Lipinski definition) is 5. The van der Waals surface area contributed by atoms with Crippen LogP contribution in [0.4, 0.5) is 0 Å². The smallest absolute Gasteiger partial charge is 0.306 e. The molecule has 0 fully saturated rings. The third-order valence-corrected chi connectivity index (χ3v) is 9.69. The second kappa shape index (κ2) is 46.5. The Morgan fingerprint density at radius 1 is 0.429 bits per heavy atom. The van der Waals surface area contributed by atoms with Gasteiger partial charge in [-0.3, -0.25) is 9.59 Å². The van der Waals surface area contributed by atoms with Crippen LogP contribution < -0.4 is 0 Å². The molecule has 0 aromatic rings. The molecule has 0 spiro atoms. The summed E-state index contributed by atoms with van der Waals surface area (Å²) in [4.78, 5) is 24.3. The van der Waals surface area contributed by atoms with Gasteiger partial charge in [-0.1, -0.05) is 208 Å². The van der Waals surface area contributed by atoms with E-state index >= 15 is 0 Å². The quantitative estimate of drug-likeness (QED) is 0.0380. The van der Waals surface area contributed by atoms with E-state index in [9.17, 15) is 14.7 Å². The monoisotopic (exact) mass is 779 g/mol. The molecule has 0 bridgehead atoms. The van der Waals surface area contributed by atoms with Crippen molar-refractivity contribution in [1.29, 1.82) is 0 Å². The maximum Gasteiger partial charge on any atom is 0.306 e. The zero-order valence-corrected chi connectivity index (χ0v) is 36.4. The molecule has 0 aromatic carbocycles. The van der Waals surface area contributed by atoms with Gasteiger partial charge >= 0.3 is 11.9 Å². The van der Waals surface area contributed by atoms with Crippen LogP contribution in [0.5, 0.6) is 0 Å². The maximum absolute atomic E-state index is 12.2. The van der Waals surface area contributed by atoms with Crippen molar-refractivity contribution < 1.29 is 24.2 Å². The van der Waals surface area contributed by atoms with Crippen LogP contribution in [0.1, 0.15) is 206 Å². The van der Waals surface area contributed by atoms with E-state index in [1.54, 1.807) is 0 Å². The van der Waals surface area contributed by atoms with Crippen LogP contribution in [0.25, 0.3) is 0 Å².